The second-order valence-electron chi connectivity index (χ2n) is 4.22. The maximum absolute atomic E-state index is 4.28. The number of hydrogen-bond donors (Lipinski definition) is 1. The summed E-state index contributed by atoms with van der Waals surface area (Å²) in [6, 6.07) is 0.575. The minimum Gasteiger partial charge on any atom is -0.338 e. The van der Waals surface area contributed by atoms with E-state index in [1.165, 1.54) is 0 Å². The van der Waals surface area contributed by atoms with Crippen LogP contribution in [0.4, 0.5) is 0 Å². The van der Waals surface area contributed by atoms with Gasteiger partial charge in [-0.2, -0.15) is 0 Å². The van der Waals surface area contributed by atoms with Crippen LogP contribution >= 0.6 is 0 Å². The fourth-order valence-corrected chi connectivity index (χ4v) is 1.33. The highest BCUT2D eigenvalue weighted by atomic mass is 15.1. The predicted molar refractivity (Wildman–Crippen MR) is 62.9 cm³/mol. The molecule has 0 amide bonds. The van der Waals surface area contributed by atoms with Crippen molar-refractivity contribution in [2.45, 2.75) is 19.4 Å². The Morgan fingerprint density at radius 2 is 2.27 bits per heavy atom. The standard InChI is InChI=1S/C11H22N4/c1-10(14(2)3)9-12-6-5-11-13-7-8-15(11)4/h7-8,10,12H,5-6,9H2,1-4H3. The molecule has 0 aliphatic heterocycles. The molecule has 1 unspecified atom stereocenters. The summed E-state index contributed by atoms with van der Waals surface area (Å²) < 4.78 is 2.07. The van der Waals surface area contributed by atoms with Gasteiger partial charge in [0.15, 0.2) is 0 Å². The van der Waals surface area contributed by atoms with E-state index in [2.05, 4.69) is 40.8 Å². The number of nitrogens with one attached hydrogen (secondary N) is 1. The summed E-state index contributed by atoms with van der Waals surface area (Å²) in [5.41, 5.74) is 0. The molecule has 0 bridgehead atoms. The normalized spacial score (nSPS) is 13.4. The molecule has 86 valence electrons. The molecule has 0 spiro atoms. The SMILES string of the molecule is CC(CNCCc1nccn1C)N(C)C. The zero-order chi connectivity index (χ0) is 11.3. The number of likely N-dealkylation sites (N-methyl/N-ethyl adjacent to an activating group) is 1. The molecular formula is C11H22N4. The van der Waals surface area contributed by atoms with E-state index in [9.17, 15) is 0 Å². The van der Waals surface area contributed by atoms with E-state index in [-0.39, 0.29) is 0 Å². The highest BCUT2D eigenvalue weighted by Gasteiger charge is 2.03. The number of rotatable bonds is 6. The van der Waals surface area contributed by atoms with Gasteiger partial charge in [0.2, 0.25) is 0 Å². The van der Waals surface area contributed by atoms with Gasteiger partial charge >= 0.3 is 0 Å². The fraction of sp³-hybridized carbons (Fsp3) is 0.727. The Kier molecular flexibility index (Phi) is 4.78. The van der Waals surface area contributed by atoms with Crippen molar-refractivity contribution < 1.29 is 0 Å². The zero-order valence-corrected chi connectivity index (χ0v) is 10.2. The number of aromatic nitrogens is 2. The van der Waals surface area contributed by atoms with Gasteiger partial charge in [-0.1, -0.05) is 0 Å². The van der Waals surface area contributed by atoms with Crippen molar-refractivity contribution >= 4 is 0 Å². The Hall–Kier alpha value is -0.870. The van der Waals surface area contributed by atoms with Crippen molar-refractivity contribution in [2.75, 3.05) is 27.2 Å². The van der Waals surface area contributed by atoms with Gasteiger partial charge in [-0.05, 0) is 21.0 Å². The first-order valence-electron chi connectivity index (χ1n) is 5.44. The van der Waals surface area contributed by atoms with Gasteiger partial charge in [0, 0.05) is 45.0 Å². The Morgan fingerprint density at radius 3 is 2.80 bits per heavy atom. The van der Waals surface area contributed by atoms with Crippen molar-refractivity contribution in [2.24, 2.45) is 7.05 Å². The van der Waals surface area contributed by atoms with Crippen LogP contribution in [-0.2, 0) is 13.5 Å². The number of hydrogen-bond acceptors (Lipinski definition) is 3. The Morgan fingerprint density at radius 1 is 1.53 bits per heavy atom. The van der Waals surface area contributed by atoms with E-state index in [0.717, 1.165) is 25.3 Å². The lowest BCUT2D eigenvalue weighted by Gasteiger charge is -2.19. The van der Waals surface area contributed by atoms with E-state index < -0.39 is 0 Å². The van der Waals surface area contributed by atoms with E-state index in [1.54, 1.807) is 0 Å². The summed E-state index contributed by atoms with van der Waals surface area (Å²) in [7, 11) is 6.24. The van der Waals surface area contributed by atoms with Crippen LogP contribution in [0.25, 0.3) is 0 Å². The molecule has 15 heavy (non-hydrogen) atoms. The molecule has 0 saturated heterocycles. The van der Waals surface area contributed by atoms with E-state index in [1.807, 2.05) is 19.4 Å². The van der Waals surface area contributed by atoms with Crippen molar-refractivity contribution in [1.82, 2.24) is 19.8 Å². The van der Waals surface area contributed by atoms with Gasteiger partial charge in [0.25, 0.3) is 0 Å². The first-order chi connectivity index (χ1) is 7.11. The maximum Gasteiger partial charge on any atom is 0.109 e. The largest absolute Gasteiger partial charge is 0.338 e. The summed E-state index contributed by atoms with van der Waals surface area (Å²) in [5.74, 6) is 1.14. The number of aryl methyl sites for hydroxylation is 1. The van der Waals surface area contributed by atoms with E-state index in [0.29, 0.717) is 6.04 Å². The first kappa shape index (κ1) is 12.2. The number of imidazole rings is 1. The summed E-state index contributed by atoms with van der Waals surface area (Å²) in [5, 5.41) is 3.44. The predicted octanol–water partition coefficient (Wildman–Crippen LogP) is 0.502. The van der Waals surface area contributed by atoms with Gasteiger partial charge < -0.3 is 14.8 Å². The molecule has 4 nitrogen and oxygen atoms in total. The average molecular weight is 210 g/mol. The van der Waals surface area contributed by atoms with Gasteiger partial charge in [-0.25, -0.2) is 4.98 Å². The molecule has 0 aromatic carbocycles. The highest BCUT2D eigenvalue weighted by molar-refractivity contribution is 4.91. The Bertz CT molecular complexity index is 280. The molecule has 1 N–H and O–H groups in total. The van der Waals surface area contributed by atoms with Crippen molar-refractivity contribution in [3.05, 3.63) is 18.2 Å². The highest BCUT2D eigenvalue weighted by Crippen LogP contribution is 1.94. The zero-order valence-electron chi connectivity index (χ0n) is 10.2. The lowest BCUT2D eigenvalue weighted by molar-refractivity contribution is 0.303. The van der Waals surface area contributed by atoms with Crippen LogP contribution < -0.4 is 5.32 Å². The molecule has 0 fully saturated rings. The van der Waals surface area contributed by atoms with Crippen LogP contribution in [0.3, 0.4) is 0 Å². The molecule has 1 aromatic heterocycles. The molecule has 1 heterocycles. The lowest BCUT2D eigenvalue weighted by atomic mass is 10.3. The minimum absolute atomic E-state index is 0.575. The quantitative estimate of drug-likeness (QED) is 0.694. The molecule has 0 saturated carbocycles. The van der Waals surface area contributed by atoms with Crippen LogP contribution in [0.15, 0.2) is 12.4 Å². The molecule has 1 rings (SSSR count). The monoisotopic (exact) mass is 210 g/mol. The van der Waals surface area contributed by atoms with Crippen LogP contribution in [0, 0.1) is 0 Å². The summed E-state index contributed by atoms with van der Waals surface area (Å²) >= 11 is 0. The molecule has 0 aliphatic rings. The van der Waals surface area contributed by atoms with Gasteiger partial charge in [0.05, 0.1) is 0 Å². The van der Waals surface area contributed by atoms with E-state index >= 15 is 0 Å². The minimum atomic E-state index is 0.575. The topological polar surface area (TPSA) is 33.1 Å². The van der Waals surface area contributed by atoms with Crippen LogP contribution in [-0.4, -0.2) is 47.7 Å². The third kappa shape index (κ3) is 4.01. The number of nitrogens with zero attached hydrogens (tertiary/aromatic N) is 3. The molecule has 1 atom stereocenters. The smallest absolute Gasteiger partial charge is 0.109 e. The van der Waals surface area contributed by atoms with Crippen molar-refractivity contribution in [3.8, 4) is 0 Å². The van der Waals surface area contributed by atoms with Crippen molar-refractivity contribution in [3.63, 3.8) is 0 Å². The van der Waals surface area contributed by atoms with Gasteiger partial charge in [0.1, 0.15) is 5.82 Å². The summed E-state index contributed by atoms with van der Waals surface area (Å²) in [6.07, 6.45) is 4.82. The lowest BCUT2D eigenvalue weighted by Crippen LogP contribution is -2.36. The van der Waals surface area contributed by atoms with Crippen LogP contribution in [0.5, 0.6) is 0 Å². The van der Waals surface area contributed by atoms with E-state index in [4.69, 9.17) is 0 Å². The fourth-order valence-electron chi connectivity index (χ4n) is 1.33. The summed E-state index contributed by atoms with van der Waals surface area (Å²) in [6.45, 7) is 4.23. The Balaban J connectivity index is 2.15. The van der Waals surface area contributed by atoms with Gasteiger partial charge in [-0.3, -0.25) is 0 Å². The maximum atomic E-state index is 4.28. The molecular weight excluding hydrogens is 188 g/mol. The molecule has 4 heteroatoms. The molecule has 0 aliphatic carbocycles. The van der Waals surface area contributed by atoms with Gasteiger partial charge in [-0.15, -0.1) is 0 Å². The average Bonchev–Trinajstić information content (AvgIpc) is 2.58. The third-order valence-corrected chi connectivity index (χ3v) is 2.77. The van der Waals surface area contributed by atoms with Crippen LogP contribution in [0.2, 0.25) is 0 Å². The molecule has 1 aromatic rings. The van der Waals surface area contributed by atoms with Crippen LogP contribution in [0.1, 0.15) is 12.7 Å². The third-order valence-electron chi connectivity index (χ3n) is 2.77. The Labute approximate surface area is 92.3 Å². The first-order valence-corrected chi connectivity index (χ1v) is 5.44. The second-order valence-corrected chi connectivity index (χ2v) is 4.22. The molecule has 0 radical (unpaired) electrons. The van der Waals surface area contributed by atoms with Crippen molar-refractivity contribution in [1.29, 1.82) is 0 Å². The second kappa shape index (κ2) is 5.88. The summed E-state index contributed by atoms with van der Waals surface area (Å²) in [4.78, 5) is 6.50.